The van der Waals surface area contributed by atoms with Crippen LogP contribution in [0.2, 0.25) is 0 Å². The van der Waals surface area contributed by atoms with E-state index in [0.29, 0.717) is 50.9 Å². The Hall–Kier alpha value is -4.37. The first-order chi connectivity index (χ1) is 19.4. The number of hydrogen-bond acceptors (Lipinski definition) is 8. The Morgan fingerprint density at radius 2 is 1.77 bits per heavy atom. The molecule has 0 spiro atoms. The molecule has 1 N–H and O–H groups in total. The number of phenols is 1. The molecule has 0 amide bonds. The Kier molecular flexibility index (Phi) is 7.75. The van der Waals surface area contributed by atoms with Crippen molar-refractivity contribution in [1.29, 1.82) is 0 Å². The lowest BCUT2D eigenvalue weighted by Gasteiger charge is -2.25. The molecule has 3 aromatic carbocycles. The highest BCUT2D eigenvalue weighted by atomic mass is 32.1. The standard InChI is InChI=1S/C31H30N2O6S/c1-5-37-24-15-13-20(16-25(24)38-6-2)28-27(30(36)39-7-3)18(4)32-31-33(28)29(35)26(40-31)17-22-21-11-9-8-10-19(21)12-14-23(22)34/h8-17,28,34H,5-7H2,1-4H3/b26-17-/t28-/m1/s1. The smallest absolute Gasteiger partial charge is 0.338 e. The first-order valence-electron chi connectivity index (χ1n) is 13.2. The van der Waals surface area contributed by atoms with E-state index in [0.717, 1.165) is 10.8 Å². The molecule has 4 aromatic rings. The highest BCUT2D eigenvalue weighted by Crippen LogP contribution is 2.36. The fourth-order valence-corrected chi connectivity index (χ4v) is 5.94. The number of hydrogen-bond donors (Lipinski definition) is 1. The van der Waals surface area contributed by atoms with Gasteiger partial charge in [0.25, 0.3) is 5.56 Å². The SMILES string of the molecule is CCOC(=O)C1=C(C)N=c2s/c(=C\c3c(O)ccc4ccccc34)c(=O)n2[C@@H]1c1ccc(OCC)c(OCC)c1. The van der Waals surface area contributed by atoms with Crippen molar-refractivity contribution in [2.24, 2.45) is 4.99 Å². The number of aromatic hydroxyl groups is 1. The zero-order chi connectivity index (χ0) is 28.4. The Bertz CT molecular complexity index is 1820. The van der Waals surface area contributed by atoms with Crippen molar-refractivity contribution < 1.29 is 24.1 Å². The zero-order valence-corrected chi connectivity index (χ0v) is 23.6. The monoisotopic (exact) mass is 558 g/mol. The minimum Gasteiger partial charge on any atom is -0.507 e. The maximum absolute atomic E-state index is 14.0. The van der Waals surface area contributed by atoms with E-state index in [9.17, 15) is 14.7 Å². The maximum atomic E-state index is 14.0. The topological polar surface area (TPSA) is 99.4 Å². The Labute approximate surface area is 235 Å². The van der Waals surface area contributed by atoms with Gasteiger partial charge in [-0.15, -0.1) is 0 Å². The largest absolute Gasteiger partial charge is 0.507 e. The molecular formula is C31H30N2O6S. The molecule has 0 aliphatic carbocycles. The summed E-state index contributed by atoms with van der Waals surface area (Å²) in [5.74, 6) is 0.617. The molecule has 0 unspecified atom stereocenters. The summed E-state index contributed by atoms with van der Waals surface area (Å²) in [5.41, 5.74) is 1.62. The van der Waals surface area contributed by atoms with E-state index >= 15 is 0 Å². The molecule has 2 heterocycles. The summed E-state index contributed by atoms with van der Waals surface area (Å²) in [6.45, 7) is 8.30. The van der Waals surface area contributed by atoms with Crippen LogP contribution in [0.1, 0.15) is 44.9 Å². The van der Waals surface area contributed by atoms with E-state index in [4.69, 9.17) is 14.2 Å². The normalized spacial score (nSPS) is 15.1. The van der Waals surface area contributed by atoms with Crippen molar-refractivity contribution in [3.8, 4) is 17.2 Å². The molecular weight excluding hydrogens is 528 g/mol. The number of fused-ring (bicyclic) bond motifs is 2. The van der Waals surface area contributed by atoms with Crippen LogP contribution in [0.15, 0.2) is 75.7 Å². The van der Waals surface area contributed by atoms with Crippen molar-refractivity contribution in [1.82, 2.24) is 4.57 Å². The van der Waals surface area contributed by atoms with Gasteiger partial charge in [0.05, 0.1) is 41.7 Å². The van der Waals surface area contributed by atoms with Crippen LogP contribution >= 0.6 is 11.3 Å². The van der Waals surface area contributed by atoms with Gasteiger partial charge in [-0.05, 0) is 68.3 Å². The zero-order valence-electron chi connectivity index (χ0n) is 22.8. The van der Waals surface area contributed by atoms with Gasteiger partial charge in [0.1, 0.15) is 5.75 Å². The molecule has 0 bridgehead atoms. The minimum absolute atomic E-state index is 0.0670. The van der Waals surface area contributed by atoms with Crippen LogP contribution in [0.25, 0.3) is 16.8 Å². The number of carbonyl (C=O) groups is 1. The summed E-state index contributed by atoms with van der Waals surface area (Å²) >= 11 is 1.20. The number of phenolic OH excluding ortho intramolecular Hbond substituents is 1. The third-order valence-corrected chi connectivity index (χ3v) is 7.61. The lowest BCUT2D eigenvalue weighted by atomic mass is 9.95. The summed E-state index contributed by atoms with van der Waals surface area (Å²) in [6.07, 6.45) is 1.69. The van der Waals surface area contributed by atoms with Gasteiger partial charge in [-0.25, -0.2) is 9.79 Å². The van der Waals surface area contributed by atoms with E-state index in [1.807, 2.05) is 50.2 Å². The highest BCUT2D eigenvalue weighted by molar-refractivity contribution is 7.07. The fourth-order valence-electron chi connectivity index (χ4n) is 4.91. The Morgan fingerprint density at radius 1 is 1.02 bits per heavy atom. The molecule has 0 saturated heterocycles. The molecule has 5 rings (SSSR count). The number of carbonyl (C=O) groups excluding carboxylic acids is 1. The van der Waals surface area contributed by atoms with Crippen molar-refractivity contribution >= 4 is 34.2 Å². The second-order valence-electron chi connectivity index (χ2n) is 9.09. The lowest BCUT2D eigenvalue weighted by molar-refractivity contribution is -0.139. The average molecular weight is 559 g/mol. The molecule has 206 valence electrons. The van der Waals surface area contributed by atoms with E-state index in [2.05, 4.69) is 4.99 Å². The van der Waals surface area contributed by atoms with Crippen molar-refractivity contribution in [2.45, 2.75) is 33.7 Å². The number of nitrogens with zero attached hydrogens (tertiary/aromatic N) is 2. The molecule has 8 nitrogen and oxygen atoms in total. The molecule has 0 fully saturated rings. The van der Waals surface area contributed by atoms with Gasteiger partial charge in [-0.2, -0.15) is 0 Å². The fraction of sp³-hybridized carbons (Fsp3) is 0.258. The molecule has 1 atom stereocenters. The molecule has 40 heavy (non-hydrogen) atoms. The van der Waals surface area contributed by atoms with Gasteiger partial charge in [-0.3, -0.25) is 9.36 Å². The molecule has 1 aromatic heterocycles. The first kappa shape index (κ1) is 27.2. The van der Waals surface area contributed by atoms with Gasteiger partial charge >= 0.3 is 5.97 Å². The van der Waals surface area contributed by atoms with Gasteiger partial charge in [0, 0.05) is 5.56 Å². The number of ether oxygens (including phenoxy) is 3. The average Bonchev–Trinajstić information content (AvgIpc) is 3.25. The summed E-state index contributed by atoms with van der Waals surface area (Å²) in [4.78, 5) is 32.3. The molecule has 0 radical (unpaired) electrons. The van der Waals surface area contributed by atoms with Crippen LogP contribution in [-0.4, -0.2) is 35.5 Å². The van der Waals surface area contributed by atoms with E-state index in [1.165, 1.54) is 15.9 Å². The lowest BCUT2D eigenvalue weighted by Crippen LogP contribution is -2.40. The number of thiazole rings is 1. The first-order valence-corrected chi connectivity index (χ1v) is 14.0. The molecule has 1 aliphatic rings. The molecule has 1 aliphatic heterocycles. The molecule has 9 heteroatoms. The molecule has 0 saturated carbocycles. The number of rotatable bonds is 8. The predicted molar refractivity (Wildman–Crippen MR) is 155 cm³/mol. The van der Waals surface area contributed by atoms with Crippen LogP contribution in [0.4, 0.5) is 0 Å². The van der Waals surface area contributed by atoms with Crippen LogP contribution in [0.3, 0.4) is 0 Å². The number of allylic oxidation sites excluding steroid dienone is 1. The van der Waals surface area contributed by atoms with E-state index in [-0.39, 0.29) is 23.5 Å². The third-order valence-electron chi connectivity index (χ3n) is 6.62. The number of esters is 1. The van der Waals surface area contributed by atoms with Crippen LogP contribution in [0.5, 0.6) is 17.2 Å². The Balaban J connectivity index is 1.76. The van der Waals surface area contributed by atoms with Gasteiger partial charge in [0.15, 0.2) is 16.3 Å². The van der Waals surface area contributed by atoms with E-state index in [1.54, 1.807) is 38.1 Å². The second kappa shape index (κ2) is 11.4. The highest BCUT2D eigenvalue weighted by Gasteiger charge is 2.34. The van der Waals surface area contributed by atoms with Crippen LogP contribution in [-0.2, 0) is 9.53 Å². The van der Waals surface area contributed by atoms with Gasteiger partial charge < -0.3 is 19.3 Å². The van der Waals surface area contributed by atoms with E-state index < -0.39 is 12.0 Å². The van der Waals surface area contributed by atoms with Gasteiger partial charge in [-0.1, -0.05) is 47.7 Å². The van der Waals surface area contributed by atoms with Crippen LogP contribution in [0, 0.1) is 0 Å². The summed E-state index contributed by atoms with van der Waals surface area (Å²) in [6, 6.07) is 15.7. The van der Waals surface area contributed by atoms with Crippen LogP contribution < -0.4 is 24.4 Å². The van der Waals surface area contributed by atoms with Gasteiger partial charge in [0.2, 0.25) is 0 Å². The summed E-state index contributed by atoms with van der Waals surface area (Å²) < 4.78 is 18.9. The number of benzene rings is 3. The second-order valence-corrected chi connectivity index (χ2v) is 10.1. The Morgan fingerprint density at radius 3 is 2.52 bits per heavy atom. The quantitative estimate of drug-likeness (QED) is 0.321. The maximum Gasteiger partial charge on any atom is 0.338 e. The number of aromatic nitrogens is 1. The minimum atomic E-state index is -0.798. The summed E-state index contributed by atoms with van der Waals surface area (Å²) in [7, 11) is 0. The summed E-state index contributed by atoms with van der Waals surface area (Å²) in [5, 5.41) is 12.5. The van der Waals surface area contributed by atoms with Crippen molar-refractivity contribution in [3.63, 3.8) is 0 Å². The predicted octanol–water partition coefficient (Wildman–Crippen LogP) is 4.45. The third kappa shape index (κ3) is 4.88. The van der Waals surface area contributed by atoms with Crippen molar-refractivity contribution in [3.05, 3.63) is 96.7 Å². The van der Waals surface area contributed by atoms with Crippen molar-refractivity contribution in [2.75, 3.05) is 19.8 Å².